The molecule has 0 unspecified atom stereocenters. The molecule has 2 aliphatic rings. The van der Waals surface area contributed by atoms with Gasteiger partial charge in [-0.1, -0.05) is 36.8 Å². The number of H-pyrrole nitrogens is 2. The van der Waals surface area contributed by atoms with Crippen LogP contribution in [0.2, 0.25) is 0 Å². The first-order valence-electron chi connectivity index (χ1n) is 11.8. The van der Waals surface area contributed by atoms with Crippen molar-refractivity contribution in [1.82, 2.24) is 20.2 Å². The number of nitrogens with zero attached hydrogens (tertiary/aromatic N) is 1. The van der Waals surface area contributed by atoms with Crippen molar-refractivity contribution in [3.63, 3.8) is 0 Å². The molecule has 1 aromatic carbocycles. The van der Waals surface area contributed by atoms with E-state index < -0.39 is 17.2 Å². The second kappa shape index (κ2) is 10.6. The molecule has 1 saturated carbocycles. The van der Waals surface area contributed by atoms with Crippen LogP contribution < -0.4 is 21.9 Å². The van der Waals surface area contributed by atoms with Crippen LogP contribution in [-0.4, -0.2) is 53.0 Å². The maximum Gasteiger partial charge on any atom is 0.326 e. The lowest BCUT2D eigenvalue weighted by Gasteiger charge is -2.29. The summed E-state index contributed by atoms with van der Waals surface area (Å²) in [6.45, 7) is 3.45. The highest BCUT2D eigenvalue weighted by Crippen LogP contribution is 2.32. The standard InChI is InChI=1S/C24H33N5O3/c30-22-20(25-13-16-29-14-5-2-6-15-29)21(27-24(32)28-22)23(31)26-19-11-9-18(10-12-19)17-7-3-1-4-8-17/h1,3-4,7-8,18-19,25H,2,5-6,9-16H2,(H,26,31)(H2,27,28,30,32)/t18-,19+. The molecule has 1 saturated heterocycles. The normalized spacial score (nSPS) is 21.8. The van der Waals surface area contributed by atoms with E-state index in [0.717, 1.165) is 45.3 Å². The van der Waals surface area contributed by atoms with Crippen molar-refractivity contribution in [1.29, 1.82) is 0 Å². The average molecular weight is 440 g/mol. The van der Waals surface area contributed by atoms with Gasteiger partial charge in [-0.3, -0.25) is 14.6 Å². The number of carbonyl (C=O) groups excluding carboxylic acids is 1. The van der Waals surface area contributed by atoms with Crippen molar-refractivity contribution in [2.75, 3.05) is 31.5 Å². The number of benzene rings is 1. The molecular weight excluding hydrogens is 406 g/mol. The van der Waals surface area contributed by atoms with E-state index in [2.05, 4.69) is 49.8 Å². The number of likely N-dealkylation sites (tertiary alicyclic amines) is 1. The molecule has 2 fully saturated rings. The molecule has 2 aromatic rings. The van der Waals surface area contributed by atoms with Gasteiger partial charge in [0.05, 0.1) is 0 Å². The lowest BCUT2D eigenvalue weighted by molar-refractivity contribution is 0.0921. The topological polar surface area (TPSA) is 110 Å². The Hall–Kier alpha value is -2.87. The predicted molar refractivity (Wildman–Crippen MR) is 125 cm³/mol. The molecule has 1 aromatic heterocycles. The Morgan fingerprint density at radius 2 is 1.69 bits per heavy atom. The molecule has 4 rings (SSSR count). The lowest BCUT2D eigenvalue weighted by Crippen LogP contribution is -2.41. The minimum atomic E-state index is -0.672. The lowest BCUT2D eigenvalue weighted by atomic mass is 9.82. The summed E-state index contributed by atoms with van der Waals surface area (Å²) in [6.07, 6.45) is 7.40. The number of rotatable bonds is 7. The Morgan fingerprint density at radius 3 is 2.41 bits per heavy atom. The van der Waals surface area contributed by atoms with Crippen molar-refractivity contribution in [2.24, 2.45) is 0 Å². The van der Waals surface area contributed by atoms with Crippen LogP contribution in [0, 0.1) is 0 Å². The zero-order chi connectivity index (χ0) is 22.3. The largest absolute Gasteiger partial charge is 0.377 e. The zero-order valence-corrected chi connectivity index (χ0v) is 18.5. The van der Waals surface area contributed by atoms with Crippen molar-refractivity contribution in [3.05, 3.63) is 62.4 Å². The van der Waals surface area contributed by atoms with E-state index in [4.69, 9.17) is 0 Å². The summed E-state index contributed by atoms with van der Waals surface area (Å²) in [5.74, 6) is 0.104. The first-order valence-corrected chi connectivity index (χ1v) is 11.8. The third-order valence-corrected chi connectivity index (χ3v) is 6.68. The second-order valence-corrected chi connectivity index (χ2v) is 8.92. The zero-order valence-electron chi connectivity index (χ0n) is 18.5. The van der Waals surface area contributed by atoms with Crippen LogP contribution in [-0.2, 0) is 0 Å². The number of hydrogen-bond donors (Lipinski definition) is 4. The number of amides is 1. The maximum atomic E-state index is 13.0. The minimum Gasteiger partial charge on any atom is -0.377 e. The summed E-state index contributed by atoms with van der Waals surface area (Å²) >= 11 is 0. The molecule has 1 aliphatic heterocycles. The Bertz CT molecular complexity index is 1000. The molecule has 4 N–H and O–H groups in total. The third kappa shape index (κ3) is 5.68. The maximum absolute atomic E-state index is 13.0. The minimum absolute atomic E-state index is 0.0163. The monoisotopic (exact) mass is 439 g/mol. The van der Waals surface area contributed by atoms with Crippen LogP contribution in [0.25, 0.3) is 0 Å². The third-order valence-electron chi connectivity index (χ3n) is 6.68. The fraction of sp³-hybridized carbons (Fsp3) is 0.542. The van der Waals surface area contributed by atoms with E-state index in [0.29, 0.717) is 12.5 Å². The van der Waals surface area contributed by atoms with Gasteiger partial charge in [0.25, 0.3) is 11.5 Å². The molecule has 8 nitrogen and oxygen atoms in total. The molecule has 0 radical (unpaired) electrons. The highest BCUT2D eigenvalue weighted by Gasteiger charge is 2.25. The van der Waals surface area contributed by atoms with E-state index in [1.807, 2.05) is 6.07 Å². The number of piperidine rings is 1. The molecule has 0 atom stereocenters. The molecule has 0 bridgehead atoms. The first-order chi connectivity index (χ1) is 15.6. The molecule has 172 valence electrons. The van der Waals surface area contributed by atoms with Crippen LogP contribution >= 0.6 is 0 Å². The SMILES string of the molecule is O=C(N[C@H]1CC[C@@H](c2ccccc2)CC1)c1[nH]c(=O)[nH]c(=O)c1NCCN1CCCCC1. The molecule has 1 amide bonds. The summed E-state index contributed by atoms with van der Waals surface area (Å²) in [6, 6.07) is 10.5. The second-order valence-electron chi connectivity index (χ2n) is 8.92. The summed E-state index contributed by atoms with van der Waals surface area (Å²) in [7, 11) is 0. The molecular formula is C24H33N5O3. The number of aromatic nitrogens is 2. The van der Waals surface area contributed by atoms with Gasteiger partial charge in [0, 0.05) is 19.1 Å². The predicted octanol–water partition coefficient (Wildman–Crippen LogP) is 2.42. The van der Waals surface area contributed by atoms with Crippen molar-refractivity contribution < 1.29 is 4.79 Å². The Labute approximate surface area is 187 Å². The van der Waals surface area contributed by atoms with E-state index in [1.54, 1.807) is 0 Å². The Morgan fingerprint density at radius 1 is 0.969 bits per heavy atom. The molecule has 1 aliphatic carbocycles. The van der Waals surface area contributed by atoms with Crippen LogP contribution in [0.1, 0.15) is 66.9 Å². The van der Waals surface area contributed by atoms with Gasteiger partial charge >= 0.3 is 5.69 Å². The van der Waals surface area contributed by atoms with Crippen LogP contribution in [0.4, 0.5) is 5.69 Å². The summed E-state index contributed by atoms with van der Waals surface area (Å²) in [5.41, 5.74) is 0.260. The van der Waals surface area contributed by atoms with Gasteiger partial charge in [-0.05, 0) is 63.1 Å². The van der Waals surface area contributed by atoms with E-state index in [9.17, 15) is 14.4 Å². The van der Waals surface area contributed by atoms with Gasteiger partial charge in [-0.2, -0.15) is 0 Å². The van der Waals surface area contributed by atoms with E-state index >= 15 is 0 Å². The number of aromatic amines is 2. The van der Waals surface area contributed by atoms with Crippen molar-refractivity contribution in [2.45, 2.75) is 56.9 Å². The van der Waals surface area contributed by atoms with Gasteiger partial charge in [0.2, 0.25) is 0 Å². The number of nitrogens with one attached hydrogen (secondary N) is 4. The fourth-order valence-electron chi connectivity index (χ4n) is 4.90. The smallest absolute Gasteiger partial charge is 0.326 e. The molecule has 2 heterocycles. The summed E-state index contributed by atoms with van der Waals surface area (Å²) < 4.78 is 0. The Kier molecular flexibility index (Phi) is 7.42. The molecule has 32 heavy (non-hydrogen) atoms. The highest BCUT2D eigenvalue weighted by molar-refractivity contribution is 5.97. The van der Waals surface area contributed by atoms with Gasteiger partial charge in [0.15, 0.2) is 0 Å². The van der Waals surface area contributed by atoms with Crippen LogP contribution in [0.15, 0.2) is 39.9 Å². The average Bonchev–Trinajstić information content (AvgIpc) is 2.82. The highest BCUT2D eigenvalue weighted by atomic mass is 16.2. The van der Waals surface area contributed by atoms with Crippen LogP contribution in [0.5, 0.6) is 0 Å². The fourth-order valence-corrected chi connectivity index (χ4v) is 4.90. The van der Waals surface area contributed by atoms with Gasteiger partial charge in [-0.25, -0.2) is 4.79 Å². The summed E-state index contributed by atoms with van der Waals surface area (Å²) in [4.78, 5) is 44.3. The number of anilines is 1. The van der Waals surface area contributed by atoms with Crippen molar-refractivity contribution >= 4 is 11.6 Å². The Balaban J connectivity index is 1.36. The number of hydrogen-bond acceptors (Lipinski definition) is 5. The van der Waals surface area contributed by atoms with E-state index in [1.165, 1.54) is 24.8 Å². The van der Waals surface area contributed by atoms with Gasteiger partial charge < -0.3 is 20.5 Å². The summed E-state index contributed by atoms with van der Waals surface area (Å²) in [5, 5.41) is 6.12. The molecule has 8 heteroatoms. The van der Waals surface area contributed by atoms with Gasteiger partial charge in [-0.15, -0.1) is 0 Å². The van der Waals surface area contributed by atoms with Gasteiger partial charge in [0.1, 0.15) is 11.4 Å². The number of carbonyl (C=O) groups is 1. The van der Waals surface area contributed by atoms with E-state index in [-0.39, 0.29) is 17.4 Å². The quantitative estimate of drug-likeness (QED) is 0.530. The first kappa shape index (κ1) is 22.3. The van der Waals surface area contributed by atoms with Crippen LogP contribution in [0.3, 0.4) is 0 Å². The molecule has 0 spiro atoms. The van der Waals surface area contributed by atoms with Crippen molar-refractivity contribution in [3.8, 4) is 0 Å².